The van der Waals surface area contributed by atoms with E-state index in [9.17, 15) is 15.3 Å². The Morgan fingerprint density at radius 3 is 2.21 bits per heavy atom. The fourth-order valence-electron chi connectivity index (χ4n) is 4.30. The molecule has 4 rings (SSSR count). The minimum atomic E-state index is -1.08. The van der Waals surface area contributed by atoms with Crippen LogP contribution in [0.15, 0.2) is 90.5 Å². The van der Waals surface area contributed by atoms with Crippen molar-refractivity contribution in [1.82, 2.24) is 0 Å². The summed E-state index contributed by atoms with van der Waals surface area (Å²) >= 11 is 0. The molecule has 1 saturated carbocycles. The molecule has 34 heavy (non-hydrogen) atoms. The maximum Gasteiger partial charge on any atom is 0.311 e. The van der Waals surface area contributed by atoms with E-state index in [2.05, 4.69) is 12.1 Å². The van der Waals surface area contributed by atoms with Gasteiger partial charge in [0.25, 0.3) is 0 Å². The Bertz CT molecular complexity index is 1280. The number of rotatable bonds is 7. The van der Waals surface area contributed by atoms with Crippen molar-refractivity contribution in [3.05, 3.63) is 102 Å². The number of benzene rings is 3. The summed E-state index contributed by atoms with van der Waals surface area (Å²) in [5.74, 6) is -0.0340. The van der Waals surface area contributed by atoms with Crippen LogP contribution < -0.4 is 4.74 Å². The van der Waals surface area contributed by atoms with E-state index in [4.69, 9.17) is 9.47 Å². The summed E-state index contributed by atoms with van der Waals surface area (Å²) in [6, 6.07) is 30.1. The summed E-state index contributed by atoms with van der Waals surface area (Å²) in [6.07, 6.45) is 0.735. The van der Waals surface area contributed by atoms with Gasteiger partial charge in [0.05, 0.1) is 12.0 Å². The largest absolute Gasteiger partial charge is 0.457 e. The summed E-state index contributed by atoms with van der Waals surface area (Å²) in [5.41, 5.74) is 1.52. The summed E-state index contributed by atoms with van der Waals surface area (Å²) in [6.45, 7) is 3.88. The maximum atomic E-state index is 13.1. The first-order valence-corrected chi connectivity index (χ1v) is 11.0. The van der Waals surface area contributed by atoms with E-state index in [1.54, 1.807) is 24.3 Å². The second-order valence-electron chi connectivity index (χ2n) is 8.83. The van der Waals surface area contributed by atoms with Gasteiger partial charge in [-0.2, -0.15) is 10.5 Å². The number of hydrogen-bond donors (Lipinski definition) is 0. The quantitative estimate of drug-likeness (QED) is 0.306. The van der Waals surface area contributed by atoms with Gasteiger partial charge in [-0.25, -0.2) is 0 Å². The van der Waals surface area contributed by atoms with Crippen LogP contribution in [0.2, 0.25) is 0 Å². The van der Waals surface area contributed by atoms with E-state index in [0.29, 0.717) is 22.6 Å². The molecule has 0 radical (unpaired) electrons. The standard InChI is InChI=1S/C29H24N2O3/c1-29(2)26(22(18-30)16-20-10-5-3-6-11-20)27(29)28(32)34-25(19-31)21-12-9-15-24(17-21)33-23-13-7-4-8-14-23/h3-17,25-27H,1-2H3/b22-16+/t25?,26-,27+/m0/s1. The molecule has 0 aliphatic heterocycles. The topological polar surface area (TPSA) is 83.1 Å². The van der Waals surface area contributed by atoms with Crippen molar-refractivity contribution < 1.29 is 14.3 Å². The minimum absolute atomic E-state index is 0.266. The van der Waals surface area contributed by atoms with E-state index in [1.165, 1.54) is 0 Å². The number of esters is 1. The van der Waals surface area contributed by atoms with Gasteiger partial charge in [-0.05, 0) is 41.3 Å². The molecule has 5 heteroatoms. The van der Waals surface area contributed by atoms with Crippen molar-refractivity contribution in [2.24, 2.45) is 17.3 Å². The molecule has 3 atom stereocenters. The van der Waals surface area contributed by atoms with Crippen LogP contribution in [-0.4, -0.2) is 5.97 Å². The van der Waals surface area contributed by atoms with Gasteiger partial charge >= 0.3 is 5.97 Å². The molecule has 1 fully saturated rings. The number of para-hydroxylation sites is 1. The van der Waals surface area contributed by atoms with Crippen LogP contribution in [0.1, 0.15) is 31.1 Å². The smallest absolute Gasteiger partial charge is 0.311 e. The molecule has 1 aliphatic rings. The summed E-state index contributed by atoms with van der Waals surface area (Å²) in [5, 5.41) is 19.5. The first-order chi connectivity index (χ1) is 16.4. The van der Waals surface area contributed by atoms with E-state index in [1.807, 2.05) is 80.6 Å². The molecule has 0 saturated heterocycles. The fourth-order valence-corrected chi connectivity index (χ4v) is 4.30. The van der Waals surface area contributed by atoms with Crippen LogP contribution in [0.3, 0.4) is 0 Å². The van der Waals surface area contributed by atoms with E-state index in [-0.39, 0.29) is 5.92 Å². The number of nitriles is 2. The number of allylic oxidation sites excluding steroid dienone is 1. The molecular formula is C29H24N2O3. The van der Waals surface area contributed by atoms with Crippen LogP contribution in [-0.2, 0) is 9.53 Å². The lowest BCUT2D eigenvalue weighted by atomic mass is 10.0. The number of nitrogens with zero attached hydrogens (tertiary/aromatic N) is 2. The summed E-state index contributed by atoms with van der Waals surface area (Å²) in [4.78, 5) is 13.1. The molecule has 1 aliphatic carbocycles. The van der Waals surface area contributed by atoms with Crippen LogP contribution in [0, 0.1) is 39.9 Å². The lowest BCUT2D eigenvalue weighted by Gasteiger charge is -2.13. The van der Waals surface area contributed by atoms with Gasteiger partial charge in [-0.1, -0.05) is 74.5 Å². The van der Waals surface area contributed by atoms with Crippen LogP contribution in [0.25, 0.3) is 6.08 Å². The van der Waals surface area contributed by atoms with Crippen molar-refractivity contribution in [2.75, 3.05) is 0 Å². The highest BCUT2D eigenvalue weighted by Crippen LogP contribution is 2.62. The molecule has 3 aromatic rings. The van der Waals surface area contributed by atoms with Gasteiger partial charge in [0.15, 0.2) is 0 Å². The second-order valence-corrected chi connectivity index (χ2v) is 8.83. The molecule has 1 unspecified atom stereocenters. The Morgan fingerprint density at radius 1 is 0.912 bits per heavy atom. The molecule has 3 aromatic carbocycles. The first kappa shape index (κ1) is 22.8. The normalized spacial score (nSPS) is 19.2. The molecule has 0 aromatic heterocycles. The van der Waals surface area contributed by atoms with Gasteiger partial charge in [0, 0.05) is 17.1 Å². The second kappa shape index (κ2) is 9.65. The summed E-state index contributed by atoms with van der Waals surface area (Å²) in [7, 11) is 0. The Kier molecular flexibility index (Phi) is 6.48. The Hall–Kier alpha value is -4.35. The van der Waals surface area contributed by atoms with E-state index < -0.39 is 23.4 Å². The molecule has 0 amide bonds. The third-order valence-corrected chi connectivity index (χ3v) is 6.16. The van der Waals surface area contributed by atoms with Gasteiger partial charge in [-0.3, -0.25) is 4.79 Å². The third-order valence-electron chi connectivity index (χ3n) is 6.16. The minimum Gasteiger partial charge on any atom is -0.457 e. The molecular weight excluding hydrogens is 424 g/mol. The monoisotopic (exact) mass is 448 g/mol. The predicted molar refractivity (Wildman–Crippen MR) is 128 cm³/mol. The van der Waals surface area contributed by atoms with Gasteiger partial charge in [0.1, 0.15) is 17.6 Å². The highest BCUT2D eigenvalue weighted by atomic mass is 16.5. The number of hydrogen-bond acceptors (Lipinski definition) is 5. The third kappa shape index (κ3) is 4.85. The van der Waals surface area contributed by atoms with Gasteiger partial charge in [-0.15, -0.1) is 0 Å². The highest BCUT2D eigenvalue weighted by Gasteiger charge is 2.64. The van der Waals surface area contributed by atoms with Crippen molar-refractivity contribution in [2.45, 2.75) is 20.0 Å². The molecule has 0 N–H and O–H groups in total. The number of carbonyl (C=O) groups excluding carboxylic acids is 1. The zero-order valence-corrected chi connectivity index (χ0v) is 19.0. The predicted octanol–water partition coefficient (Wildman–Crippen LogP) is 6.47. The Morgan fingerprint density at radius 2 is 1.56 bits per heavy atom. The van der Waals surface area contributed by atoms with Crippen LogP contribution in [0.4, 0.5) is 0 Å². The number of carbonyl (C=O) groups is 1. The fraction of sp³-hybridized carbons (Fsp3) is 0.207. The van der Waals surface area contributed by atoms with Crippen molar-refractivity contribution in [1.29, 1.82) is 10.5 Å². The average molecular weight is 449 g/mol. The van der Waals surface area contributed by atoms with E-state index >= 15 is 0 Å². The SMILES string of the molecule is CC1(C)[C@@H](C(=O)OC(C#N)c2cccc(Oc3ccccc3)c2)[C@@H]1/C(C#N)=C/c1ccccc1. The Labute approximate surface area is 199 Å². The van der Waals surface area contributed by atoms with Crippen LogP contribution in [0.5, 0.6) is 11.5 Å². The van der Waals surface area contributed by atoms with Crippen molar-refractivity contribution >= 4 is 12.0 Å². The average Bonchev–Trinajstić information content (AvgIpc) is 3.43. The van der Waals surface area contributed by atoms with Crippen molar-refractivity contribution in [3.63, 3.8) is 0 Å². The first-order valence-electron chi connectivity index (χ1n) is 11.0. The molecule has 0 bridgehead atoms. The van der Waals surface area contributed by atoms with E-state index in [0.717, 1.165) is 5.56 Å². The van der Waals surface area contributed by atoms with Crippen LogP contribution >= 0.6 is 0 Å². The highest BCUT2D eigenvalue weighted by molar-refractivity contribution is 5.80. The Balaban J connectivity index is 1.49. The van der Waals surface area contributed by atoms with Gasteiger partial charge in [0.2, 0.25) is 6.10 Å². The lowest BCUT2D eigenvalue weighted by molar-refractivity contribution is -0.149. The molecule has 0 spiro atoms. The zero-order valence-electron chi connectivity index (χ0n) is 19.0. The summed E-state index contributed by atoms with van der Waals surface area (Å²) < 4.78 is 11.5. The number of ether oxygens (including phenoxy) is 2. The lowest BCUT2D eigenvalue weighted by Crippen LogP contribution is -2.14. The molecule has 168 valence electrons. The maximum absolute atomic E-state index is 13.1. The molecule has 0 heterocycles. The van der Waals surface area contributed by atoms with Gasteiger partial charge < -0.3 is 9.47 Å². The zero-order chi connectivity index (χ0) is 24.1. The van der Waals surface area contributed by atoms with Crippen molar-refractivity contribution in [3.8, 4) is 23.6 Å². The molecule has 5 nitrogen and oxygen atoms in total.